The van der Waals surface area contributed by atoms with Gasteiger partial charge in [-0.25, -0.2) is 9.48 Å². The van der Waals surface area contributed by atoms with E-state index >= 15 is 0 Å². The summed E-state index contributed by atoms with van der Waals surface area (Å²) in [6, 6.07) is 6.25. The van der Waals surface area contributed by atoms with Crippen LogP contribution in [0.4, 0.5) is 5.95 Å². The third-order valence-corrected chi connectivity index (χ3v) is 3.62. The molecule has 1 atom stereocenters. The molecular formula is C15H16N4O3. The van der Waals surface area contributed by atoms with Gasteiger partial charge in [0.1, 0.15) is 18.1 Å². The highest BCUT2D eigenvalue weighted by atomic mass is 16.5. The van der Waals surface area contributed by atoms with Crippen LogP contribution in [0.5, 0.6) is 5.75 Å². The van der Waals surface area contributed by atoms with Crippen molar-refractivity contribution in [2.24, 2.45) is 0 Å². The average Bonchev–Trinajstić information content (AvgIpc) is 3.00. The van der Waals surface area contributed by atoms with E-state index in [2.05, 4.69) is 15.4 Å². The largest absolute Gasteiger partial charge is 0.508 e. The molecular weight excluding hydrogens is 284 g/mol. The fourth-order valence-electron chi connectivity index (χ4n) is 2.64. The molecule has 2 N–H and O–H groups in total. The Morgan fingerprint density at radius 1 is 1.50 bits per heavy atom. The number of esters is 1. The highest BCUT2D eigenvalue weighted by Gasteiger charge is 2.34. The summed E-state index contributed by atoms with van der Waals surface area (Å²) >= 11 is 0. The van der Waals surface area contributed by atoms with E-state index in [0.29, 0.717) is 17.9 Å². The zero-order chi connectivity index (χ0) is 15.7. The van der Waals surface area contributed by atoms with E-state index in [1.165, 1.54) is 13.4 Å². The second-order valence-corrected chi connectivity index (χ2v) is 4.89. The smallest absolute Gasteiger partial charge is 0.338 e. The number of fused-ring (bicyclic) bond motifs is 1. The molecule has 114 valence electrons. The summed E-state index contributed by atoms with van der Waals surface area (Å²) in [5.74, 6) is 0.247. The Kier molecular flexibility index (Phi) is 3.54. The number of carbonyl (C=O) groups excluding carboxylic acids is 1. The van der Waals surface area contributed by atoms with Crippen LogP contribution in [0.3, 0.4) is 0 Å². The molecule has 2 heterocycles. The van der Waals surface area contributed by atoms with Crippen LogP contribution in [0.1, 0.15) is 24.9 Å². The Balaban J connectivity index is 2.22. The molecule has 0 bridgehead atoms. The van der Waals surface area contributed by atoms with Gasteiger partial charge in [-0.05, 0) is 24.1 Å². The van der Waals surface area contributed by atoms with E-state index in [1.807, 2.05) is 13.0 Å². The molecule has 1 aliphatic heterocycles. The minimum absolute atomic E-state index is 0.125. The number of rotatable bonds is 3. The SMILES string of the molecule is CCC1=C(C(=O)OC)[C@H](c2cccc(O)c2)n2ncnc2N1. The maximum absolute atomic E-state index is 12.3. The zero-order valence-corrected chi connectivity index (χ0v) is 12.3. The lowest BCUT2D eigenvalue weighted by Crippen LogP contribution is -2.29. The predicted octanol–water partition coefficient (Wildman–Crippen LogP) is 1.84. The molecule has 0 aliphatic carbocycles. The number of methoxy groups -OCH3 is 1. The molecule has 0 saturated carbocycles. The Morgan fingerprint density at radius 2 is 2.32 bits per heavy atom. The van der Waals surface area contributed by atoms with Gasteiger partial charge in [0.15, 0.2) is 0 Å². The second kappa shape index (κ2) is 5.51. The van der Waals surface area contributed by atoms with Crippen molar-refractivity contribution in [1.82, 2.24) is 14.8 Å². The first-order valence-electron chi connectivity index (χ1n) is 6.92. The Morgan fingerprint density at radius 3 is 3.00 bits per heavy atom. The average molecular weight is 300 g/mol. The third-order valence-electron chi connectivity index (χ3n) is 3.62. The van der Waals surface area contributed by atoms with Crippen molar-refractivity contribution in [3.8, 4) is 5.75 Å². The van der Waals surface area contributed by atoms with E-state index in [0.717, 1.165) is 11.3 Å². The van der Waals surface area contributed by atoms with Crippen LogP contribution >= 0.6 is 0 Å². The second-order valence-electron chi connectivity index (χ2n) is 4.89. The van der Waals surface area contributed by atoms with E-state index in [9.17, 15) is 9.90 Å². The number of aromatic hydroxyl groups is 1. The summed E-state index contributed by atoms with van der Waals surface area (Å²) in [6.45, 7) is 1.94. The number of nitrogens with one attached hydrogen (secondary N) is 1. The summed E-state index contributed by atoms with van der Waals surface area (Å²) in [6.07, 6.45) is 2.04. The molecule has 0 spiro atoms. The minimum Gasteiger partial charge on any atom is -0.508 e. The fraction of sp³-hybridized carbons (Fsp3) is 0.267. The lowest BCUT2D eigenvalue weighted by atomic mass is 9.94. The molecule has 7 heteroatoms. The van der Waals surface area contributed by atoms with Crippen molar-refractivity contribution in [3.63, 3.8) is 0 Å². The first-order chi connectivity index (χ1) is 10.7. The van der Waals surface area contributed by atoms with Crippen LogP contribution in [0.2, 0.25) is 0 Å². The number of phenols is 1. The predicted molar refractivity (Wildman–Crippen MR) is 79.2 cm³/mol. The van der Waals surface area contributed by atoms with E-state index in [4.69, 9.17) is 4.74 Å². The molecule has 1 aliphatic rings. The van der Waals surface area contributed by atoms with Gasteiger partial charge in [0.25, 0.3) is 0 Å². The lowest BCUT2D eigenvalue weighted by molar-refractivity contribution is -0.136. The van der Waals surface area contributed by atoms with Gasteiger partial charge in [0.05, 0.1) is 12.7 Å². The number of allylic oxidation sites excluding steroid dienone is 1. The number of ether oxygens (including phenoxy) is 1. The summed E-state index contributed by atoms with van der Waals surface area (Å²) in [7, 11) is 1.35. The van der Waals surface area contributed by atoms with E-state index < -0.39 is 12.0 Å². The molecule has 3 rings (SSSR count). The van der Waals surface area contributed by atoms with Crippen LogP contribution in [0.25, 0.3) is 0 Å². The number of nitrogens with zero attached hydrogens (tertiary/aromatic N) is 3. The zero-order valence-electron chi connectivity index (χ0n) is 12.3. The number of benzene rings is 1. The molecule has 22 heavy (non-hydrogen) atoms. The molecule has 0 unspecified atom stereocenters. The van der Waals surface area contributed by atoms with Crippen molar-refractivity contribution < 1.29 is 14.6 Å². The van der Waals surface area contributed by atoms with Crippen molar-refractivity contribution >= 4 is 11.9 Å². The van der Waals surface area contributed by atoms with Gasteiger partial charge in [-0.15, -0.1) is 0 Å². The molecule has 0 radical (unpaired) electrons. The molecule has 0 saturated heterocycles. The molecule has 1 aromatic heterocycles. The van der Waals surface area contributed by atoms with Crippen LogP contribution in [0.15, 0.2) is 41.9 Å². The number of anilines is 1. The van der Waals surface area contributed by atoms with Gasteiger partial charge in [0, 0.05) is 5.70 Å². The summed E-state index contributed by atoms with van der Waals surface area (Å²) in [5, 5.41) is 17.1. The lowest BCUT2D eigenvalue weighted by Gasteiger charge is -2.28. The van der Waals surface area contributed by atoms with Crippen molar-refractivity contribution in [3.05, 3.63) is 47.4 Å². The normalized spacial score (nSPS) is 16.9. The molecule has 0 amide bonds. The fourth-order valence-corrected chi connectivity index (χ4v) is 2.64. The number of hydrogen-bond donors (Lipinski definition) is 2. The summed E-state index contributed by atoms with van der Waals surface area (Å²) in [4.78, 5) is 16.5. The van der Waals surface area contributed by atoms with Crippen molar-refractivity contribution in [2.45, 2.75) is 19.4 Å². The van der Waals surface area contributed by atoms with Crippen LogP contribution in [-0.2, 0) is 9.53 Å². The highest BCUT2D eigenvalue weighted by molar-refractivity contribution is 5.92. The number of hydrogen-bond acceptors (Lipinski definition) is 6. The van der Waals surface area contributed by atoms with Crippen LogP contribution < -0.4 is 5.32 Å². The molecule has 0 fully saturated rings. The molecule has 1 aromatic carbocycles. The maximum Gasteiger partial charge on any atom is 0.338 e. The number of aromatic nitrogens is 3. The minimum atomic E-state index is -0.492. The molecule has 7 nitrogen and oxygen atoms in total. The Hall–Kier alpha value is -2.83. The van der Waals surface area contributed by atoms with Gasteiger partial charge in [-0.1, -0.05) is 19.1 Å². The first kappa shape index (κ1) is 14.1. The van der Waals surface area contributed by atoms with Gasteiger partial charge < -0.3 is 15.2 Å². The van der Waals surface area contributed by atoms with Gasteiger partial charge in [-0.3, -0.25) is 0 Å². The topological polar surface area (TPSA) is 89.3 Å². The quantitative estimate of drug-likeness (QED) is 0.841. The Bertz CT molecular complexity index is 751. The highest BCUT2D eigenvalue weighted by Crippen LogP contribution is 2.36. The van der Waals surface area contributed by atoms with Crippen LogP contribution in [0, 0.1) is 0 Å². The standard InChI is InChI=1S/C15H16N4O3/c1-3-11-12(14(21)22-2)13(9-5-4-6-10(20)7-9)19-15(18-11)16-8-17-19/h4-8,13,20H,3H2,1-2H3,(H,16,17,18)/t13-/m0/s1. The van der Waals surface area contributed by atoms with Crippen molar-refractivity contribution in [2.75, 3.05) is 12.4 Å². The monoisotopic (exact) mass is 300 g/mol. The first-order valence-corrected chi connectivity index (χ1v) is 6.92. The van der Waals surface area contributed by atoms with Crippen molar-refractivity contribution in [1.29, 1.82) is 0 Å². The third kappa shape index (κ3) is 2.20. The summed E-state index contributed by atoms with van der Waals surface area (Å²) < 4.78 is 6.55. The van der Waals surface area contributed by atoms with E-state index in [1.54, 1.807) is 22.9 Å². The maximum atomic E-state index is 12.3. The van der Waals surface area contributed by atoms with Gasteiger partial charge in [-0.2, -0.15) is 10.1 Å². The number of phenolic OH excluding ortho intramolecular Hbond substituents is 1. The Labute approximate surface area is 127 Å². The number of carbonyl (C=O) groups is 1. The summed E-state index contributed by atoms with van der Waals surface area (Å²) in [5.41, 5.74) is 1.94. The van der Waals surface area contributed by atoms with E-state index in [-0.39, 0.29) is 5.75 Å². The molecule has 2 aromatic rings. The van der Waals surface area contributed by atoms with Gasteiger partial charge >= 0.3 is 5.97 Å². The van der Waals surface area contributed by atoms with Crippen LogP contribution in [-0.4, -0.2) is 33.0 Å². The van der Waals surface area contributed by atoms with Gasteiger partial charge in [0.2, 0.25) is 5.95 Å².